The Kier molecular flexibility index (Phi) is 4.58. The minimum Gasteiger partial charge on any atom is -0.313 e. The first-order chi connectivity index (χ1) is 9.07. The number of nitrogens with zero attached hydrogens (tertiary/aromatic N) is 2. The molecule has 1 aliphatic rings. The van der Waals surface area contributed by atoms with Crippen molar-refractivity contribution in [1.29, 1.82) is 5.26 Å². The maximum Gasteiger partial charge on any atom is 0.252 e. The van der Waals surface area contributed by atoms with Crippen LogP contribution in [0.3, 0.4) is 0 Å². The van der Waals surface area contributed by atoms with E-state index in [0.29, 0.717) is 18.0 Å². The Bertz CT molecular complexity index is 568. The van der Waals surface area contributed by atoms with Gasteiger partial charge in [-0.2, -0.15) is 9.57 Å². The predicted molar refractivity (Wildman–Crippen MR) is 74.5 cm³/mol. The van der Waals surface area contributed by atoms with Crippen LogP contribution in [0.4, 0.5) is 0 Å². The molecule has 0 spiro atoms. The standard InChI is InChI=1S/C12H17N3O2S2/c1-2-15(9-10-4-3-7-14-10)19(16,17)12-6-5-11(8-13)18-12/h5-6,10,14H,2-4,7,9H2,1H3. The second-order valence-corrected chi connectivity index (χ2v) is 7.73. The summed E-state index contributed by atoms with van der Waals surface area (Å²) in [5.41, 5.74) is 0. The Morgan fingerprint density at radius 1 is 1.58 bits per heavy atom. The lowest BCUT2D eigenvalue weighted by molar-refractivity contribution is 0.384. The van der Waals surface area contributed by atoms with E-state index in [-0.39, 0.29) is 10.3 Å². The third kappa shape index (κ3) is 3.15. The number of nitriles is 1. The van der Waals surface area contributed by atoms with Crippen LogP contribution in [0, 0.1) is 11.3 Å². The molecular weight excluding hydrogens is 282 g/mol. The van der Waals surface area contributed by atoms with Gasteiger partial charge in [-0.3, -0.25) is 0 Å². The molecule has 1 unspecified atom stereocenters. The molecule has 0 radical (unpaired) electrons. The van der Waals surface area contributed by atoms with E-state index in [2.05, 4.69) is 5.32 Å². The van der Waals surface area contributed by atoms with Crippen LogP contribution in [0.2, 0.25) is 0 Å². The highest BCUT2D eigenvalue weighted by Gasteiger charge is 2.28. The van der Waals surface area contributed by atoms with E-state index < -0.39 is 10.0 Å². The van der Waals surface area contributed by atoms with Gasteiger partial charge in [0.2, 0.25) is 0 Å². The van der Waals surface area contributed by atoms with Crippen molar-refractivity contribution >= 4 is 21.4 Å². The maximum absolute atomic E-state index is 12.5. The summed E-state index contributed by atoms with van der Waals surface area (Å²) in [6.45, 7) is 3.74. The zero-order valence-corrected chi connectivity index (χ0v) is 12.4. The van der Waals surface area contributed by atoms with Gasteiger partial charge in [0.15, 0.2) is 0 Å². The van der Waals surface area contributed by atoms with Crippen molar-refractivity contribution in [1.82, 2.24) is 9.62 Å². The van der Waals surface area contributed by atoms with Gasteiger partial charge in [-0.1, -0.05) is 6.92 Å². The van der Waals surface area contributed by atoms with E-state index in [1.54, 1.807) is 6.07 Å². The first-order valence-electron chi connectivity index (χ1n) is 6.31. The number of hydrogen-bond acceptors (Lipinski definition) is 5. The molecule has 0 saturated carbocycles. The molecule has 2 rings (SSSR count). The zero-order chi connectivity index (χ0) is 13.9. The van der Waals surface area contributed by atoms with Crippen LogP contribution in [0.15, 0.2) is 16.3 Å². The van der Waals surface area contributed by atoms with Crippen molar-refractivity contribution in [2.75, 3.05) is 19.6 Å². The van der Waals surface area contributed by atoms with Crippen LogP contribution in [-0.2, 0) is 10.0 Å². The van der Waals surface area contributed by atoms with E-state index in [1.165, 1.54) is 10.4 Å². The van der Waals surface area contributed by atoms with Crippen molar-refractivity contribution in [2.24, 2.45) is 0 Å². The molecule has 1 fully saturated rings. The fraction of sp³-hybridized carbons (Fsp3) is 0.583. The van der Waals surface area contributed by atoms with Gasteiger partial charge >= 0.3 is 0 Å². The summed E-state index contributed by atoms with van der Waals surface area (Å²) in [6.07, 6.45) is 2.11. The quantitative estimate of drug-likeness (QED) is 0.891. The van der Waals surface area contributed by atoms with Gasteiger partial charge in [0, 0.05) is 19.1 Å². The molecule has 1 saturated heterocycles. The Hall–Kier alpha value is -0.940. The summed E-state index contributed by atoms with van der Waals surface area (Å²) in [4.78, 5) is 0.425. The molecule has 19 heavy (non-hydrogen) atoms. The minimum absolute atomic E-state index is 0.241. The molecule has 1 aromatic heterocycles. The summed E-state index contributed by atoms with van der Waals surface area (Å²) < 4.78 is 26.7. The molecular formula is C12H17N3O2S2. The smallest absolute Gasteiger partial charge is 0.252 e. The molecule has 2 heterocycles. The highest BCUT2D eigenvalue weighted by molar-refractivity contribution is 7.91. The summed E-state index contributed by atoms with van der Waals surface area (Å²) in [5.74, 6) is 0. The van der Waals surface area contributed by atoms with Crippen molar-refractivity contribution in [3.05, 3.63) is 17.0 Å². The van der Waals surface area contributed by atoms with Crippen LogP contribution in [0.25, 0.3) is 0 Å². The van der Waals surface area contributed by atoms with Crippen LogP contribution < -0.4 is 5.32 Å². The lowest BCUT2D eigenvalue weighted by Crippen LogP contribution is -2.40. The Labute approximate surface area is 117 Å². The van der Waals surface area contributed by atoms with Crippen molar-refractivity contribution in [3.8, 4) is 6.07 Å². The van der Waals surface area contributed by atoms with E-state index in [0.717, 1.165) is 30.7 Å². The molecule has 7 heteroatoms. The minimum atomic E-state index is -3.47. The van der Waals surface area contributed by atoms with Crippen molar-refractivity contribution < 1.29 is 8.42 Å². The third-order valence-corrected chi connectivity index (χ3v) is 6.62. The average Bonchev–Trinajstić information content (AvgIpc) is 3.06. The van der Waals surface area contributed by atoms with Gasteiger partial charge in [-0.25, -0.2) is 8.42 Å². The third-order valence-electron chi connectivity index (χ3n) is 3.22. The van der Waals surface area contributed by atoms with E-state index in [4.69, 9.17) is 5.26 Å². The molecule has 5 nitrogen and oxygen atoms in total. The molecule has 0 amide bonds. The average molecular weight is 299 g/mol. The van der Waals surface area contributed by atoms with Gasteiger partial charge in [0.25, 0.3) is 10.0 Å². The SMILES string of the molecule is CCN(CC1CCCN1)S(=O)(=O)c1ccc(C#N)s1. The number of rotatable bonds is 5. The monoisotopic (exact) mass is 299 g/mol. The van der Waals surface area contributed by atoms with Crippen molar-refractivity contribution in [3.63, 3.8) is 0 Å². The topological polar surface area (TPSA) is 73.2 Å². The Balaban J connectivity index is 2.17. The number of sulfonamides is 1. The highest BCUT2D eigenvalue weighted by atomic mass is 32.2. The van der Waals surface area contributed by atoms with E-state index >= 15 is 0 Å². The molecule has 0 bridgehead atoms. The van der Waals surface area contributed by atoms with Gasteiger partial charge in [0.1, 0.15) is 15.2 Å². The molecule has 1 aliphatic heterocycles. The summed E-state index contributed by atoms with van der Waals surface area (Å²) in [7, 11) is -3.47. The zero-order valence-electron chi connectivity index (χ0n) is 10.8. The maximum atomic E-state index is 12.5. The lowest BCUT2D eigenvalue weighted by atomic mass is 10.2. The molecule has 1 atom stereocenters. The fourth-order valence-corrected chi connectivity index (χ4v) is 4.95. The largest absolute Gasteiger partial charge is 0.313 e. The molecule has 0 aliphatic carbocycles. The molecule has 104 valence electrons. The Morgan fingerprint density at radius 2 is 2.37 bits per heavy atom. The second-order valence-electron chi connectivity index (χ2n) is 4.48. The first kappa shape index (κ1) is 14.5. The Morgan fingerprint density at radius 3 is 2.89 bits per heavy atom. The highest BCUT2D eigenvalue weighted by Crippen LogP contribution is 2.25. The number of hydrogen-bond donors (Lipinski definition) is 1. The summed E-state index contributed by atoms with van der Waals surface area (Å²) in [6, 6.07) is 5.29. The normalized spacial score (nSPS) is 19.7. The van der Waals surface area contributed by atoms with Crippen molar-refractivity contribution in [2.45, 2.75) is 30.0 Å². The molecule has 1 aromatic rings. The van der Waals surface area contributed by atoms with Crippen LogP contribution >= 0.6 is 11.3 Å². The van der Waals surface area contributed by atoms with E-state index in [1.807, 2.05) is 13.0 Å². The molecule has 0 aromatic carbocycles. The van der Waals surface area contributed by atoms with Crippen LogP contribution in [0.1, 0.15) is 24.6 Å². The first-order valence-corrected chi connectivity index (χ1v) is 8.57. The lowest BCUT2D eigenvalue weighted by Gasteiger charge is -2.23. The van der Waals surface area contributed by atoms with Gasteiger partial charge in [-0.05, 0) is 31.5 Å². The number of thiophene rings is 1. The van der Waals surface area contributed by atoms with Gasteiger partial charge in [-0.15, -0.1) is 11.3 Å². The van der Waals surface area contributed by atoms with Crippen LogP contribution in [-0.4, -0.2) is 38.4 Å². The van der Waals surface area contributed by atoms with Gasteiger partial charge < -0.3 is 5.32 Å². The summed E-state index contributed by atoms with van der Waals surface area (Å²) >= 11 is 1.03. The second kappa shape index (κ2) is 6.01. The van der Waals surface area contributed by atoms with Crippen LogP contribution in [0.5, 0.6) is 0 Å². The number of likely N-dealkylation sites (N-methyl/N-ethyl adjacent to an activating group) is 1. The predicted octanol–water partition coefficient (Wildman–Crippen LogP) is 1.38. The van der Waals surface area contributed by atoms with E-state index in [9.17, 15) is 8.42 Å². The summed E-state index contributed by atoms with van der Waals surface area (Å²) in [5, 5.41) is 12.1. The van der Waals surface area contributed by atoms with Gasteiger partial charge in [0.05, 0.1) is 0 Å². The number of nitrogens with one attached hydrogen (secondary N) is 1. The molecule has 1 N–H and O–H groups in total. The fourth-order valence-electron chi connectivity index (χ4n) is 2.20.